The molecule has 1 aromatic rings. The van der Waals surface area contributed by atoms with Gasteiger partial charge in [0.2, 0.25) is 0 Å². The van der Waals surface area contributed by atoms with E-state index in [1.807, 2.05) is 0 Å². The monoisotopic (exact) mass is 258 g/mol. The summed E-state index contributed by atoms with van der Waals surface area (Å²) in [6.45, 7) is 0. The SMILES string of the molecule is CNC(c1ccc(OC)cc1Cl)C(N)C(=O)O. The minimum atomic E-state index is -1.09. The third-order valence-corrected chi connectivity index (χ3v) is 2.83. The van der Waals surface area contributed by atoms with Crippen molar-refractivity contribution in [3.05, 3.63) is 28.8 Å². The highest BCUT2D eigenvalue weighted by Gasteiger charge is 2.26. The second-order valence-corrected chi connectivity index (χ2v) is 3.93. The van der Waals surface area contributed by atoms with E-state index in [-0.39, 0.29) is 0 Å². The maximum atomic E-state index is 10.9. The Hall–Kier alpha value is -1.30. The Labute approximate surface area is 105 Å². The third-order valence-electron chi connectivity index (χ3n) is 2.50. The van der Waals surface area contributed by atoms with Gasteiger partial charge in [0.05, 0.1) is 13.2 Å². The minimum Gasteiger partial charge on any atom is -0.497 e. The predicted molar refractivity (Wildman–Crippen MR) is 65.4 cm³/mol. The number of hydrogen-bond donors (Lipinski definition) is 3. The largest absolute Gasteiger partial charge is 0.497 e. The lowest BCUT2D eigenvalue weighted by molar-refractivity contribution is -0.139. The summed E-state index contributed by atoms with van der Waals surface area (Å²) in [4.78, 5) is 10.9. The smallest absolute Gasteiger partial charge is 0.322 e. The van der Waals surface area contributed by atoms with Gasteiger partial charge in [0.25, 0.3) is 0 Å². The van der Waals surface area contributed by atoms with Crippen molar-refractivity contribution >= 4 is 17.6 Å². The highest BCUT2D eigenvalue weighted by molar-refractivity contribution is 6.31. The summed E-state index contributed by atoms with van der Waals surface area (Å²) >= 11 is 6.06. The van der Waals surface area contributed by atoms with Gasteiger partial charge in [0.15, 0.2) is 0 Å². The summed E-state index contributed by atoms with van der Waals surface area (Å²) in [5, 5.41) is 12.2. The van der Waals surface area contributed by atoms with E-state index >= 15 is 0 Å². The fourth-order valence-electron chi connectivity index (χ4n) is 1.56. The van der Waals surface area contributed by atoms with E-state index in [0.29, 0.717) is 16.3 Å². The van der Waals surface area contributed by atoms with Crippen LogP contribution in [0.3, 0.4) is 0 Å². The van der Waals surface area contributed by atoms with Crippen molar-refractivity contribution in [3.8, 4) is 5.75 Å². The molecule has 0 saturated heterocycles. The molecular formula is C11H15ClN2O3. The Morgan fingerprint density at radius 1 is 1.59 bits per heavy atom. The number of aliphatic carboxylic acids is 1. The van der Waals surface area contributed by atoms with Crippen molar-refractivity contribution in [1.82, 2.24) is 5.32 Å². The molecule has 0 saturated carbocycles. The predicted octanol–water partition coefficient (Wildman–Crippen LogP) is 1.02. The highest BCUT2D eigenvalue weighted by Crippen LogP contribution is 2.28. The second kappa shape index (κ2) is 5.86. The molecule has 1 aromatic carbocycles. The number of ether oxygens (including phenoxy) is 1. The number of benzene rings is 1. The minimum absolute atomic E-state index is 0.417. The van der Waals surface area contributed by atoms with Gasteiger partial charge in [-0.2, -0.15) is 0 Å². The standard InChI is InChI=1S/C11H15ClN2O3/c1-14-10(9(13)11(15)16)7-4-3-6(17-2)5-8(7)12/h3-5,9-10,14H,13H2,1-2H3,(H,15,16). The number of likely N-dealkylation sites (N-methyl/N-ethyl adjacent to an activating group) is 1. The number of nitrogens with two attached hydrogens (primary N) is 1. The van der Waals surface area contributed by atoms with E-state index in [1.165, 1.54) is 7.11 Å². The van der Waals surface area contributed by atoms with Crippen LogP contribution in [0.4, 0.5) is 0 Å². The molecule has 1 rings (SSSR count). The molecule has 0 aliphatic carbocycles. The number of carboxylic acid groups (broad SMARTS) is 1. The molecule has 0 fully saturated rings. The van der Waals surface area contributed by atoms with Crippen molar-refractivity contribution in [1.29, 1.82) is 0 Å². The van der Waals surface area contributed by atoms with Gasteiger partial charge in [-0.3, -0.25) is 4.79 Å². The summed E-state index contributed by atoms with van der Waals surface area (Å²) in [5.41, 5.74) is 6.22. The highest BCUT2D eigenvalue weighted by atomic mass is 35.5. The molecule has 0 spiro atoms. The van der Waals surface area contributed by atoms with Gasteiger partial charge in [0.1, 0.15) is 11.8 Å². The molecule has 0 amide bonds. The number of rotatable bonds is 5. The molecule has 2 unspecified atom stereocenters. The van der Waals surface area contributed by atoms with E-state index in [1.54, 1.807) is 25.2 Å². The zero-order valence-corrected chi connectivity index (χ0v) is 10.4. The summed E-state index contributed by atoms with van der Waals surface area (Å²) in [6.07, 6.45) is 0. The van der Waals surface area contributed by atoms with Gasteiger partial charge in [0, 0.05) is 5.02 Å². The van der Waals surface area contributed by atoms with Gasteiger partial charge >= 0.3 is 5.97 Å². The first-order chi connectivity index (χ1) is 8.01. The van der Waals surface area contributed by atoms with Gasteiger partial charge in [-0.1, -0.05) is 17.7 Å². The Balaban J connectivity index is 3.08. The van der Waals surface area contributed by atoms with E-state index in [9.17, 15) is 4.79 Å². The van der Waals surface area contributed by atoms with Crippen LogP contribution in [0.1, 0.15) is 11.6 Å². The molecule has 4 N–H and O–H groups in total. The molecule has 0 aliphatic heterocycles. The molecule has 0 radical (unpaired) electrons. The van der Waals surface area contributed by atoms with E-state index in [4.69, 9.17) is 27.2 Å². The van der Waals surface area contributed by atoms with Crippen LogP contribution in [0.15, 0.2) is 18.2 Å². The third kappa shape index (κ3) is 3.09. The number of carboxylic acids is 1. The molecule has 6 heteroatoms. The van der Waals surface area contributed by atoms with Gasteiger partial charge in [-0.25, -0.2) is 0 Å². The van der Waals surface area contributed by atoms with E-state index in [0.717, 1.165) is 0 Å². The first kappa shape index (κ1) is 13.8. The quantitative estimate of drug-likeness (QED) is 0.734. The second-order valence-electron chi connectivity index (χ2n) is 3.52. The maximum Gasteiger partial charge on any atom is 0.322 e. The first-order valence-electron chi connectivity index (χ1n) is 5.00. The molecule has 94 valence electrons. The topological polar surface area (TPSA) is 84.6 Å². The number of nitrogens with one attached hydrogen (secondary N) is 1. The Kier molecular flexibility index (Phi) is 4.74. The number of methoxy groups -OCH3 is 1. The van der Waals surface area contributed by atoms with Crippen LogP contribution >= 0.6 is 11.6 Å². The molecule has 0 aliphatic rings. The van der Waals surface area contributed by atoms with Crippen LogP contribution in [-0.4, -0.2) is 31.3 Å². The van der Waals surface area contributed by atoms with Crippen LogP contribution in [0.2, 0.25) is 5.02 Å². The Bertz CT molecular complexity index is 412. The van der Waals surface area contributed by atoms with Crippen molar-refractivity contribution in [3.63, 3.8) is 0 Å². The van der Waals surface area contributed by atoms with Gasteiger partial charge in [-0.15, -0.1) is 0 Å². The molecule has 0 bridgehead atoms. The molecule has 17 heavy (non-hydrogen) atoms. The van der Waals surface area contributed by atoms with Crippen molar-refractivity contribution in [2.24, 2.45) is 5.73 Å². The van der Waals surface area contributed by atoms with Crippen molar-refractivity contribution in [2.75, 3.05) is 14.2 Å². The maximum absolute atomic E-state index is 10.9. The first-order valence-corrected chi connectivity index (χ1v) is 5.38. The van der Waals surface area contributed by atoms with Gasteiger partial charge in [-0.05, 0) is 24.7 Å². The lowest BCUT2D eigenvalue weighted by atomic mass is 10.00. The number of halogens is 1. The fourth-order valence-corrected chi connectivity index (χ4v) is 1.85. The zero-order valence-electron chi connectivity index (χ0n) is 9.61. The van der Waals surface area contributed by atoms with Crippen LogP contribution < -0.4 is 15.8 Å². The normalized spacial score (nSPS) is 14.1. The molecule has 0 heterocycles. The fraction of sp³-hybridized carbons (Fsp3) is 0.364. The zero-order chi connectivity index (χ0) is 13.0. The van der Waals surface area contributed by atoms with Crippen LogP contribution in [0.25, 0.3) is 0 Å². The number of carbonyl (C=O) groups is 1. The Morgan fingerprint density at radius 3 is 2.65 bits per heavy atom. The lowest BCUT2D eigenvalue weighted by Gasteiger charge is -2.21. The molecular weight excluding hydrogens is 244 g/mol. The summed E-state index contributed by atoms with van der Waals surface area (Å²) in [7, 11) is 3.16. The average molecular weight is 259 g/mol. The molecule has 0 aromatic heterocycles. The van der Waals surface area contributed by atoms with E-state index in [2.05, 4.69) is 5.32 Å². The summed E-state index contributed by atoms with van der Waals surface area (Å²) in [6, 6.07) is 3.41. The molecule has 5 nitrogen and oxygen atoms in total. The van der Waals surface area contributed by atoms with Crippen molar-refractivity contribution < 1.29 is 14.6 Å². The van der Waals surface area contributed by atoms with Gasteiger partial charge < -0.3 is 20.9 Å². The van der Waals surface area contributed by atoms with Crippen LogP contribution in [0, 0.1) is 0 Å². The van der Waals surface area contributed by atoms with E-state index < -0.39 is 18.1 Å². The van der Waals surface area contributed by atoms with Crippen molar-refractivity contribution in [2.45, 2.75) is 12.1 Å². The number of hydrogen-bond acceptors (Lipinski definition) is 4. The Morgan fingerprint density at radius 2 is 2.24 bits per heavy atom. The van der Waals surface area contributed by atoms with Crippen LogP contribution in [0.5, 0.6) is 5.75 Å². The lowest BCUT2D eigenvalue weighted by Crippen LogP contribution is -2.42. The average Bonchev–Trinajstić information content (AvgIpc) is 2.31. The summed E-state index contributed by atoms with van der Waals surface area (Å²) < 4.78 is 5.02. The summed E-state index contributed by atoms with van der Waals surface area (Å²) in [5.74, 6) is -0.478. The van der Waals surface area contributed by atoms with Crippen LogP contribution in [-0.2, 0) is 4.79 Å². The molecule has 2 atom stereocenters.